The van der Waals surface area contributed by atoms with Crippen molar-refractivity contribution in [1.29, 1.82) is 0 Å². The third-order valence-electron chi connectivity index (χ3n) is 3.14. The van der Waals surface area contributed by atoms with Gasteiger partial charge in [0.2, 0.25) is 0 Å². The van der Waals surface area contributed by atoms with Crippen LogP contribution in [0.1, 0.15) is 27.0 Å². The van der Waals surface area contributed by atoms with E-state index in [9.17, 15) is 4.79 Å². The molecule has 2 aromatic carbocycles. The van der Waals surface area contributed by atoms with Crippen molar-refractivity contribution >= 4 is 21.7 Å². The Labute approximate surface area is 127 Å². The Morgan fingerprint density at radius 1 is 1.15 bits per heavy atom. The first-order valence-electron chi connectivity index (χ1n) is 6.49. The number of hydrogen-bond donors (Lipinski definition) is 0. The van der Waals surface area contributed by atoms with Crippen LogP contribution in [0.25, 0.3) is 0 Å². The number of aryl methyl sites for hydroxylation is 2. The second kappa shape index (κ2) is 6.82. The smallest absolute Gasteiger partial charge is 0.188 e. The van der Waals surface area contributed by atoms with Gasteiger partial charge < -0.3 is 4.74 Å². The molecule has 0 bridgehead atoms. The molecule has 2 aromatic rings. The van der Waals surface area contributed by atoms with Crippen LogP contribution in [0.4, 0.5) is 0 Å². The molecule has 3 heteroatoms. The van der Waals surface area contributed by atoms with E-state index in [4.69, 9.17) is 4.74 Å². The first-order valence-corrected chi connectivity index (χ1v) is 7.29. The topological polar surface area (TPSA) is 26.3 Å². The van der Waals surface area contributed by atoms with Crippen LogP contribution in [0.2, 0.25) is 0 Å². The molecule has 0 unspecified atom stereocenters. The van der Waals surface area contributed by atoms with Crippen molar-refractivity contribution < 1.29 is 9.53 Å². The van der Waals surface area contributed by atoms with E-state index in [1.807, 2.05) is 56.3 Å². The average molecular weight is 333 g/mol. The summed E-state index contributed by atoms with van der Waals surface area (Å²) in [5.74, 6) is 0.0262. The summed E-state index contributed by atoms with van der Waals surface area (Å²) >= 11 is 3.46. The van der Waals surface area contributed by atoms with Crippen LogP contribution in [0.3, 0.4) is 0 Å². The number of ketones is 1. The van der Waals surface area contributed by atoms with Gasteiger partial charge in [-0.2, -0.15) is 0 Å². The first-order chi connectivity index (χ1) is 9.58. The quantitative estimate of drug-likeness (QED) is 0.755. The van der Waals surface area contributed by atoms with E-state index < -0.39 is 0 Å². The normalized spacial score (nSPS) is 10.6. The summed E-state index contributed by atoms with van der Waals surface area (Å²) < 4.78 is 6.53. The van der Waals surface area contributed by atoms with Gasteiger partial charge in [0.15, 0.2) is 5.78 Å². The molecular weight excluding hydrogens is 316 g/mol. The maximum atomic E-state index is 12.2. The van der Waals surface area contributed by atoms with Crippen LogP contribution in [0.15, 0.2) is 46.9 Å². The van der Waals surface area contributed by atoms with E-state index in [1.165, 1.54) is 0 Å². The van der Waals surface area contributed by atoms with Gasteiger partial charge in [-0.05, 0) is 37.1 Å². The van der Waals surface area contributed by atoms with E-state index in [-0.39, 0.29) is 12.4 Å². The number of benzene rings is 2. The predicted molar refractivity (Wildman–Crippen MR) is 84.0 cm³/mol. The first kappa shape index (κ1) is 14.9. The monoisotopic (exact) mass is 332 g/mol. The molecule has 0 fully saturated rings. The van der Waals surface area contributed by atoms with Gasteiger partial charge in [0.05, 0.1) is 6.61 Å². The summed E-state index contributed by atoms with van der Waals surface area (Å²) in [5.41, 5.74) is 3.87. The fourth-order valence-electron chi connectivity index (χ4n) is 1.98. The summed E-state index contributed by atoms with van der Waals surface area (Å²) in [5, 5.41) is 0. The Morgan fingerprint density at radius 2 is 1.90 bits per heavy atom. The lowest BCUT2D eigenvalue weighted by Gasteiger charge is -2.08. The molecule has 104 valence electrons. The molecular formula is C17H17BrO2. The molecule has 20 heavy (non-hydrogen) atoms. The third kappa shape index (κ3) is 3.78. The van der Waals surface area contributed by atoms with Crippen LogP contribution < -0.4 is 0 Å². The molecule has 2 rings (SSSR count). The van der Waals surface area contributed by atoms with Gasteiger partial charge >= 0.3 is 0 Å². The second-order valence-corrected chi connectivity index (χ2v) is 5.68. The van der Waals surface area contributed by atoms with Crippen molar-refractivity contribution in [3.05, 3.63) is 69.2 Å². The molecule has 0 saturated heterocycles. The molecule has 0 saturated carbocycles. The van der Waals surface area contributed by atoms with Crippen molar-refractivity contribution in [2.45, 2.75) is 20.5 Å². The Kier molecular flexibility index (Phi) is 5.10. The van der Waals surface area contributed by atoms with Gasteiger partial charge in [-0.25, -0.2) is 0 Å². The van der Waals surface area contributed by atoms with Gasteiger partial charge in [0.25, 0.3) is 0 Å². The Hall–Kier alpha value is -1.45. The lowest BCUT2D eigenvalue weighted by molar-refractivity contribution is 0.0725. The number of rotatable bonds is 5. The van der Waals surface area contributed by atoms with Gasteiger partial charge in [-0.1, -0.05) is 51.8 Å². The lowest BCUT2D eigenvalue weighted by Crippen LogP contribution is -2.11. The van der Waals surface area contributed by atoms with Gasteiger partial charge in [-0.3, -0.25) is 4.79 Å². The predicted octanol–water partition coefficient (Wildman–Crippen LogP) is 4.47. The van der Waals surface area contributed by atoms with Crippen molar-refractivity contribution in [2.24, 2.45) is 0 Å². The fourth-order valence-corrected chi connectivity index (χ4v) is 2.38. The summed E-state index contributed by atoms with van der Waals surface area (Å²) in [6, 6.07) is 13.7. The highest BCUT2D eigenvalue weighted by Crippen LogP contribution is 2.17. The number of Topliss-reactive ketones (excluding diaryl/α,β-unsaturated/α-hetero) is 1. The zero-order valence-electron chi connectivity index (χ0n) is 11.7. The molecule has 0 aliphatic carbocycles. The minimum atomic E-state index is 0.0262. The van der Waals surface area contributed by atoms with Crippen molar-refractivity contribution in [3.8, 4) is 0 Å². The highest BCUT2D eigenvalue weighted by atomic mass is 79.9. The average Bonchev–Trinajstić information content (AvgIpc) is 2.43. The van der Waals surface area contributed by atoms with E-state index in [2.05, 4.69) is 15.9 Å². The van der Waals surface area contributed by atoms with Crippen LogP contribution in [0.5, 0.6) is 0 Å². The molecule has 0 heterocycles. The fraction of sp³-hybridized carbons (Fsp3) is 0.235. The number of carbonyl (C=O) groups excluding carboxylic acids is 1. The summed E-state index contributed by atoms with van der Waals surface area (Å²) in [6.07, 6.45) is 0. The molecule has 0 radical (unpaired) electrons. The number of halogens is 1. The van der Waals surface area contributed by atoms with Crippen LogP contribution in [-0.4, -0.2) is 12.4 Å². The van der Waals surface area contributed by atoms with Crippen molar-refractivity contribution in [1.82, 2.24) is 0 Å². The number of ether oxygens (including phenoxy) is 1. The van der Waals surface area contributed by atoms with Crippen molar-refractivity contribution in [3.63, 3.8) is 0 Å². The molecule has 0 N–H and O–H groups in total. The Morgan fingerprint density at radius 3 is 2.65 bits per heavy atom. The second-order valence-electron chi connectivity index (χ2n) is 4.83. The maximum Gasteiger partial charge on any atom is 0.188 e. The van der Waals surface area contributed by atoms with Crippen LogP contribution in [0, 0.1) is 13.8 Å². The molecule has 0 aliphatic rings. The molecule has 0 aliphatic heterocycles. The summed E-state index contributed by atoms with van der Waals surface area (Å²) in [7, 11) is 0. The highest BCUT2D eigenvalue weighted by Gasteiger charge is 2.10. The number of hydrogen-bond acceptors (Lipinski definition) is 2. The van der Waals surface area contributed by atoms with E-state index in [1.54, 1.807) is 0 Å². The molecule has 2 nitrogen and oxygen atoms in total. The van der Waals surface area contributed by atoms with Crippen LogP contribution in [-0.2, 0) is 11.3 Å². The standard InChI is InChI=1S/C17H17BrO2/c1-12-7-8-13(2)15(9-12)17(19)11-20-10-14-5-3-4-6-16(14)18/h3-9H,10-11H2,1-2H3. The minimum Gasteiger partial charge on any atom is -0.369 e. The molecule has 0 spiro atoms. The molecule has 0 amide bonds. The lowest BCUT2D eigenvalue weighted by atomic mass is 10.0. The molecule has 0 aromatic heterocycles. The number of carbonyl (C=O) groups is 1. The van der Waals surface area contributed by atoms with Gasteiger partial charge in [-0.15, -0.1) is 0 Å². The highest BCUT2D eigenvalue weighted by molar-refractivity contribution is 9.10. The minimum absolute atomic E-state index is 0.0262. The maximum absolute atomic E-state index is 12.2. The summed E-state index contributed by atoms with van der Waals surface area (Å²) in [6.45, 7) is 4.46. The van der Waals surface area contributed by atoms with Crippen LogP contribution >= 0.6 is 15.9 Å². The third-order valence-corrected chi connectivity index (χ3v) is 3.92. The summed E-state index contributed by atoms with van der Waals surface area (Å²) in [4.78, 5) is 12.2. The molecule has 0 atom stereocenters. The van der Waals surface area contributed by atoms with Crippen molar-refractivity contribution in [2.75, 3.05) is 6.61 Å². The van der Waals surface area contributed by atoms with E-state index >= 15 is 0 Å². The van der Waals surface area contributed by atoms with Gasteiger partial charge in [0, 0.05) is 10.0 Å². The van der Waals surface area contributed by atoms with E-state index in [0.717, 1.165) is 26.7 Å². The van der Waals surface area contributed by atoms with E-state index in [0.29, 0.717) is 6.61 Å². The zero-order chi connectivity index (χ0) is 14.5. The largest absolute Gasteiger partial charge is 0.369 e. The van der Waals surface area contributed by atoms with Gasteiger partial charge in [0.1, 0.15) is 6.61 Å². The SMILES string of the molecule is Cc1ccc(C)c(C(=O)COCc2ccccc2Br)c1. The Bertz CT molecular complexity index is 620. The Balaban J connectivity index is 1.96. The zero-order valence-corrected chi connectivity index (χ0v) is 13.2.